The van der Waals surface area contributed by atoms with Crippen molar-refractivity contribution in [3.8, 4) is 11.1 Å². The number of aryl methyl sites for hydroxylation is 1. The van der Waals surface area contributed by atoms with Gasteiger partial charge in [0.2, 0.25) is 5.78 Å². The summed E-state index contributed by atoms with van der Waals surface area (Å²) in [5, 5.41) is 12.3. The van der Waals surface area contributed by atoms with Crippen molar-refractivity contribution in [2.24, 2.45) is 0 Å². The van der Waals surface area contributed by atoms with Crippen LogP contribution in [0.15, 0.2) is 97.1 Å². The van der Waals surface area contributed by atoms with Gasteiger partial charge in [0.25, 0.3) is 0 Å². The molecule has 4 heteroatoms. The van der Waals surface area contributed by atoms with E-state index >= 15 is 0 Å². The lowest BCUT2D eigenvalue weighted by Crippen LogP contribution is -2.37. The summed E-state index contributed by atoms with van der Waals surface area (Å²) in [4.78, 5) is 13.7. The standard InChI is InChI=1S/C27H20ClFO2/c1-18-17-23(28)13-16-25(18)26(30)27(31,22-11-14-24(29)15-12-22)21-9-7-20(8-10-21)19-5-3-2-4-6-19/h2-17,31H,1H3. The third kappa shape index (κ3) is 4.02. The highest BCUT2D eigenvalue weighted by atomic mass is 35.5. The molecule has 4 aromatic rings. The number of hydrogen-bond donors (Lipinski definition) is 1. The Bertz CT molecular complexity index is 1220. The maximum absolute atomic E-state index is 13.7. The molecule has 31 heavy (non-hydrogen) atoms. The lowest BCUT2D eigenvalue weighted by Gasteiger charge is -2.29. The molecule has 0 aliphatic carbocycles. The Morgan fingerprint density at radius 3 is 1.94 bits per heavy atom. The molecule has 1 atom stereocenters. The maximum atomic E-state index is 13.7. The highest BCUT2D eigenvalue weighted by Gasteiger charge is 2.41. The Hall–Kier alpha value is -3.27. The summed E-state index contributed by atoms with van der Waals surface area (Å²) >= 11 is 6.05. The zero-order valence-corrected chi connectivity index (χ0v) is 17.6. The van der Waals surface area contributed by atoms with Crippen LogP contribution >= 0.6 is 11.6 Å². The molecule has 0 fully saturated rings. The molecular weight excluding hydrogens is 411 g/mol. The molecular formula is C27H20ClFO2. The third-order valence-electron chi connectivity index (χ3n) is 5.43. The van der Waals surface area contributed by atoms with Crippen LogP contribution in [0.5, 0.6) is 0 Å². The molecule has 0 spiro atoms. The smallest absolute Gasteiger partial charge is 0.203 e. The number of ketones is 1. The van der Waals surface area contributed by atoms with Crippen LogP contribution in [0.25, 0.3) is 11.1 Å². The molecule has 0 saturated heterocycles. The quantitative estimate of drug-likeness (QED) is 0.363. The van der Waals surface area contributed by atoms with Gasteiger partial charge < -0.3 is 5.11 Å². The summed E-state index contributed by atoms with van der Waals surface area (Å²) in [6.07, 6.45) is 0. The molecule has 1 unspecified atom stereocenters. The van der Waals surface area contributed by atoms with E-state index in [0.29, 0.717) is 27.3 Å². The van der Waals surface area contributed by atoms with Crippen LogP contribution in [0.1, 0.15) is 27.0 Å². The van der Waals surface area contributed by atoms with E-state index in [2.05, 4.69) is 0 Å². The molecule has 1 N–H and O–H groups in total. The van der Waals surface area contributed by atoms with Crippen molar-refractivity contribution in [3.63, 3.8) is 0 Å². The fraction of sp³-hybridized carbons (Fsp3) is 0.0741. The van der Waals surface area contributed by atoms with Crippen molar-refractivity contribution in [2.75, 3.05) is 0 Å². The van der Waals surface area contributed by atoms with Crippen LogP contribution in [-0.4, -0.2) is 10.9 Å². The molecule has 154 valence electrons. The van der Waals surface area contributed by atoms with Crippen molar-refractivity contribution in [1.82, 2.24) is 0 Å². The normalized spacial score (nSPS) is 12.9. The first-order chi connectivity index (χ1) is 14.9. The van der Waals surface area contributed by atoms with E-state index in [1.165, 1.54) is 24.3 Å². The van der Waals surface area contributed by atoms with Gasteiger partial charge in [-0.15, -0.1) is 0 Å². The summed E-state index contributed by atoms with van der Waals surface area (Å²) in [7, 11) is 0. The van der Waals surface area contributed by atoms with Gasteiger partial charge in [-0.3, -0.25) is 4.79 Å². The fourth-order valence-electron chi connectivity index (χ4n) is 3.73. The Morgan fingerprint density at radius 1 is 0.806 bits per heavy atom. The molecule has 2 nitrogen and oxygen atoms in total. The van der Waals surface area contributed by atoms with Gasteiger partial charge in [-0.1, -0.05) is 78.3 Å². The van der Waals surface area contributed by atoms with Crippen molar-refractivity contribution in [2.45, 2.75) is 12.5 Å². The van der Waals surface area contributed by atoms with Crippen molar-refractivity contribution in [1.29, 1.82) is 0 Å². The minimum atomic E-state index is -1.98. The van der Waals surface area contributed by atoms with Gasteiger partial charge >= 0.3 is 0 Å². The number of rotatable bonds is 5. The Kier molecular flexibility index (Phi) is 5.73. The summed E-state index contributed by atoms with van der Waals surface area (Å²) in [6.45, 7) is 1.77. The van der Waals surface area contributed by atoms with Gasteiger partial charge in [0, 0.05) is 10.6 Å². The lowest BCUT2D eigenvalue weighted by atomic mass is 9.79. The molecule has 0 amide bonds. The number of hydrogen-bond acceptors (Lipinski definition) is 2. The Morgan fingerprint density at radius 2 is 1.35 bits per heavy atom. The summed E-state index contributed by atoms with van der Waals surface area (Å²) < 4.78 is 13.6. The predicted octanol–water partition coefficient (Wildman–Crippen LogP) is 6.57. The van der Waals surface area contributed by atoms with Crippen LogP contribution in [0, 0.1) is 12.7 Å². The van der Waals surface area contributed by atoms with E-state index < -0.39 is 17.2 Å². The minimum Gasteiger partial charge on any atom is -0.373 e. The second kappa shape index (κ2) is 8.46. The molecule has 0 bridgehead atoms. The number of carbonyl (C=O) groups is 1. The first-order valence-corrected chi connectivity index (χ1v) is 10.2. The average Bonchev–Trinajstić information content (AvgIpc) is 2.79. The zero-order chi connectivity index (χ0) is 22.0. The van der Waals surface area contributed by atoms with Gasteiger partial charge in [-0.2, -0.15) is 0 Å². The Balaban J connectivity index is 1.85. The first kappa shape index (κ1) is 21.0. The van der Waals surface area contributed by atoms with Gasteiger partial charge in [0.1, 0.15) is 5.82 Å². The number of carbonyl (C=O) groups excluding carboxylic acids is 1. The van der Waals surface area contributed by atoms with E-state index in [9.17, 15) is 14.3 Å². The van der Waals surface area contributed by atoms with Gasteiger partial charge in [-0.05, 0) is 65.1 Å². The highest BCUT2D eigenvalue weighted by molar-refractivity contribution is 6.30. The molecule has 0 aromatic heterocycles. The zero-order valence-electron chi connectivity index (χ0n) is 16.8. The third-order valence-corrected chi connectivity index (χ3v) is 5.67. The van der Waals surface area contributed by atoms with Crippen LogP contribution < -0.4 is 0 Å². The van der Waals surface area contributed by atoms with E-state index in [0.717, 1.165) is 11.1 Å². The van der Waals surface area contributed by atoms with E-state index in [1.807, 2.05) is 42.5 Å². The molecule has 0 radical (unpaired) electrons. The highest BCUT2D eigenvalue weighted by Crippen LogP contribution is 2.36. The number of aliphatic hydroxyl groups is 1. The van der Waals surface area contributed by atoms with Crippen LogP contribution in [0.2, 0.25) is 5.02 Å². The molecule has 4 rings (SSSR count). The molecule has 0 saturated carbocycles. The maximum Gasteiger partial charge on any atom is 0.203 e. The topological polar surface area (TPSA) is 37.3 Å². The SMILES string of the molecule is Cc1cc(Cl)ccc1C(=O)C(O)(c1ccc(F)cc1)c1ccc(-c2ccccc2)cc1. The van der Waals surface area contributed by atoms with Crippen molar-refractivity contribution >= 4 is 17.4 Å². The predicted molar refractivity (Wildman–Crippen MR) is 122 cm³/mol. The first-order valence-electron chi connectivity index (χ1n) is 9.85. The summed E-state index contributed by atoms with van der Waals surface area (Å²) in [6, 6.07) is 27.2. The molecule has 0 aliphatic heterocycles. The van der Waals surface area contributed by atoms with Gasteiger partial charge in [0.05, 0.1) is 0 Å². The minimum absolute atomic E-state index is 0.292. The van der Waals surface area contributed by atoms with Crippen molar-refractivity contribution < 1.29 is 14.3 Å². The number of benzene rings is 4. The number of halogens is 2. The van der Waals surface area contributed by atoms with Gasteiger partial charge in [0.15, 0.2) is 5.60 Å². The second-order valence-electron chi connectivity index (χ2n) is 7.45. The number of Topliss-reactive ketones (excluding diaryl/α,β-unsaturated/α-hetero) is 1. The fourth-order valence-corrected chi connectivity index (χ4v) is 3.96. The summed E-state index contributed by atoms with van der Waals surface area (Å²) in [5.41, 5.74) is 1.70. The second-order valence-corrected chi connectivity index (χ2v) is 7.89. The van der Waals surface area contributed by atoms with E-state index in [1.54, 1.807) is 37.3 Å². The monoisotopic (exact) mass is 430 g/mol. The van der Waals surface area contributed by atoms with Gasteiger partial charge in [-0.25, -0.2) is 4.39 Å². The average molecular weight is 431 g/mol. The van der Waals surface area contributed by atoms with Crippen LogP contribution in [0.3, 0.4) is 0 Å². The lowest BCUT2D eigenvalue weighted by molar-refractivity contribution is 0.0487. The molecule has 0 heterocycles. The van der Waals surface area contributed by atoms with E-state index in [-0.39, 0.29) is 0 Å². The Labute approximate surface area is 185 Å². The van der Waals surface area contributed by atoms with Crippen LogP contribution in [0.4, 0.5) is 4.39 Å². The van der Waals surface area contributed by atoms with Crippen molar-refractivity contribution in [3.05, 3.63) is 130 Å². The summed E-state index contributed by atoms with van der Waals surface area (Å²) in [5.74, 6) is -0.943. The molecule has 4 aromatic carbocycles. The van der Waals surface area contributed by atoms with E-state index in [4.69, 9.17) is 11.6 Å². The molecule has 0 aliphatic rings. The largest absolute Gasteiger partial charge is 0.373 e. The van der Waals surface area contributed by atoms with Crippen LogP contribution in [-0.2, 0) is 5.60 Å².